The minimum Gasteiger partial charge on any atom is -0.462 e. The summed E-state index contributed by atoms with van der Waals surface area (Å²) >= 11 is 0. The number of quaternary nitrogens is 1. The van der Waals surface area contributed by atoms with Crippen molar-refractivity contribution in [3.05, 3.63) is 12.2 Å². The number of nitrogens with zero attached hydrogens (tertiary/aromatic N) is 1. The molecule has 0 aliphatic heterocycles. The third kappa shape index (κ3) is 40.4. The van der Waals surface area contributed by atoms with Crippen LogP contribution >= 0.6 is 7.82 Å². The van der Waals surface area contributed by atoms with Gasteiger partial charge in [0.15, 0.2) is 6.10 Å². The van der Waals surface area contributed by atoms with E-state index < -0.39 is 26.5 Å². The number of phosphoric ester groups is 1. The summed E-state index contributed by atoms with van der Waals surface area (Å²) in [5.74, 6) is -0.798. The molecule has 0 rings (SSSR count). The van der Waals surface area contributed by atoms with Gasteiger partial charge >= 0.3 is 19.8 Å². The number of ether oxygens (including phenoxy) is 2. The van der Waals surface area contributed by atoms with Crippen molar-refractivity contribution in [3.63, 3.8) is 0 Å². The van der Waals surface area contributed by atoms with Crippen molar-refractivity contribution in [3.8, 4) is 0 Å². The van der Waals surface area contributed by atoms with Crippen molar-refractivity contribution in [2.75, 3.05) is 47.5 Å². The molecule has 2 atom stereocenters. The second kappa shape index (κ2) is 37.3. The molecule has 2 unspecified atom stereocenters. The summed E-state index contributed by atoms with van der Waals surface area (Å²) in [6.07, 6.45) is 38.2. The van der Waals surface area contributed by atoms with Crippen LogP contribution in [0.4, 0.5) is 0 Å². The number of hydrogen-bond acceptors (Lipinski definition) is 7. The van der Waals surface area contributed by atoms with Gasteiger partial charge in [0.2, 0.25) is 0 Å². The molecule has 0 bridgehead atoms. The Bertz CT molecular complexity index is 938. The Hall–Kier alpha value is -1.25. The molecule has 0 aromatic carbocycles. The van der Waals surface area contributed by atoms with Crippen molar-refractivity contribution in [1.82, 2.24) is 0 Å². The van der Waals surface area contributed by atoms with Gasteiger partial charge in [0.25, 0.3) is 0 Å². The number of rotatable bonds is 41. The minimum atomic E-state index is -4.37. The number of carbonyl (C=O) groups excluding carboxylic acids is 2. The maximum Gasteiger partial charge on any atom is 0.472 e. The molecule has 0 aromatic heterocycles. The Labute approximate surface area is 333 Å². The molecular formula is C44H87NO8P+. The van der Waals surface area contributed by atoms with Gasteiger partial charge in [-0.2, -0.15) is 0 Å². The van der Waals surface area contributed by atoms with Crippen molar-refractivity contribution in [1.29, 1.82) is 0 Å². The number of allylic oxidation sites excluding steroid dienone is 2. The largest absolute Gasteiger partial charge is 0.472 e. The van der Waals surface area contributed by atoms with Crippen molar-refractivity contribution in [2.24, 2.45) is 0 Å². The fourth-order valence-corrected chi connectivity index (χ4v) is 6.99. The number of unbranched alkanes of at least 4 members (excludes halogenated alkanes) is 25. The molecule has 0 heterocycles. The topological polar surface area (TPSA) is 108 Å². The molecule has 1 N–H and O–H groups in total. The molecule has 0 saturated carbocycles. The van der Waals surface area contributed by atoms with Crippen LogP contribution in [0.15, 0.2) is 12.2 Å². The first-order chi connectivity index (χ1) is 26.0. The summed E-state index contributed by atoms with van der Waals surface area (Å²) < 4.78 is 34.3. The highest BCUT2D eigenvalue weighted by molar-refractivity contribution is 7.47. The van der Waals surface area contributed by atoms with E-state index in [1.54, 1.807) is 0 Å². The van der Waals surface area contributed by atoms with Crippen LogP contribution in [0.25, 0.3) is 0 Å². The second-order valence-electron chi connectivity index (χ2n) is 16.4. The second-order valence-corrected chi connectivity index (χ2v) is 17.9. The Morgan fingerprint density at radius 1 is 0.556 bits per heavy atom. The number of likely N-dealkylation sites (N-methyl/N-ethyl adjacent to an activating group) is 1. The average molecular weight is 789 g/mol. The van der Waals surface area contributed by atoms with Gasteiger partial charge in [-0.25, -0.2) is 4.57 Å². The smallest absolute Gasteiger partial charge is 0.462 e. The van der Waals surface area contributed by atoms with E-state index in [0.29, 0.717) is 17.4 Å². The molecule has 9 nitrogen and oxygen atoms in total. The summed E-state index contributed by atoms with van der Waals surface area (Å²) in [7, 11) is 1.48. The quantitative estimate of drug-likeness (QED) is 0.0214. The molecule has 0 aromatic rings. The van der Waals surface area contributed by atoms with Crippen LogP contribution in [-0.2, 0) is 32.7 Å². The van der Waals surface area contributed by atoms with Gasteiger partial charge in [0, 0.05) is 12.8 Å². The van der Waals surface area contributed by atoms with E-state index >= 15 is 0 Å². The van der Waals surface area contributed by atoms with Gasteiger partial charge in [-0.05, 0) is 38.5 Å². The van der Waals surface area contributed by atoms with Crippen LogP contribution in [0, 0.1) is 0 Å². The fraction of sp³-hybridized carbons (Fsp3) is 0.909. The number of hydrogen-bond donors (Lipinski definition) is 1. The molecular weight excluding hydrogens is 701 g/mol. The Morgan fingerprint density at radius 2 is 0.944 bits per heavy atom. The third-order valence-corrected chi connectivity index (χ3v) is 10.8. The lowest BCUT2D eigenvalue weighted by atomic mass is 10.0. The zero-order valence-electron chi connectivity index (χ0n) is 36.0. The van der Waals surface area contributed by atoms with E-state index in [0.717, 1.165) is 51.4 Å². The minimum absolute atomic E-state index is 0.0336. The van der Waals surface area contributed by atoms with Crippen molar-refractivity contribution < 1.29 is 42.1 Å². The molecule has 0 saturated heterocycles. The lowest BCUT2D eigenvalue weighted by molar-refractivity contribution is -0.870. The van der Waals surface area contributed by atoms with Gasteiger partial charge in [-0.3, -0.25) is 18.6 Å². The highest BCUT2D eigenvalue weighted by Gasteiger charge is 2.27. The summed E-state index contributed by atoms with van der Waals surface area (Å²) in [6.45, 7) is 4.43. The molecule has 10 heteroatoms. The van der Waals surface area contributed by atoms with E-state index in [1.807, 2.05) is 21.1 Å². The highest BCUT2D eigenvalue weighted by atomic mass is 31.2. The molecule has 0 aliphatic rings. The highest BCUT2D eigenvalue weighted by Crippen LogP contribution is 2.43. The van der Waals surface area contributed by atoms with Crippen LogP contribution in [0.1, 0.15) is 206 Å². The van der Waals surface area contributed by atoms with E-state index in [1.165, 1.54) is 122 Å². The van der Waals surface area contributed by atoms with Crippen LogP contribution in [0.5, 0.6) is 0 Å². The van der Waals surface area contributed by atoms with Gasteiger partial charge in [0.1, 0.15) is 19.8 Å². The first-order valence-corrected chi connectivity index (χ1v) is 23.9. The zero-order valence-corrected chi connectivity index (χ0v) is 36.9. The number of esters is 2. The van der Waals surface area contributed by atoms with Gasteiger partial charge in [0.05, 0.1) is 27.7 Å². The van der Waals surface area contributed by atoms with Crippen molar-refractivity contribution in [2.45, 2.75) is 213 Å². The Balaban J connectivity index is 4.34. The van der Waals surface area contributed by atoms with Crippen molar-refractivity contribution >= 4 is 19.8 Å². The molecule has 320 valence electrons. The van der Waals surface area contributed by atoms with Crippen LogP contribution < -0.4 is 0 Å². The van der Waals surface area contributed by atoms with Crippen LogP contribution in [0.3, 0.4) is 0 Å². The van der Waals surface area contributed by atoms with E-state index in [-0.39, 0.29) is 32.0 Å². The lowest BCUT2D eigenvalue weighted by Crippen LogP contribution is -2.37. The summed E-state index contributed by atoms with van der Waals surface area (Å²) in [6, 6.07) is 0. The predicted octanol–water partition coefficient (Wildman–Crippen LogP) is 12.6. The molecule has 0 spiro atoms. The maximum atomic E-state index is 12.7. The average Bonchev–Trinajstić information content (AvgIpc) is 3.12. The number of carbonyl (C=O) groups is 2. The first-order valence-electron chi connectivity index (χ1n) is 22.4. The van der Waals surface area contributed by atoms with E-state index in [4.69, 9.17) is 18.5 Å². The standard InChI is InChI=1S/C44H86NO8P/c1-6-8-10-12-14-16-18-20-22-24-26-28-30-32-34-36-43(46)50-40-42(41-52-54(48,49)51-39-38-45(3,4)5)53-44(47)37-35-33-31-29-27-25-23-21-19-17-15-13-11-9-7-2/h20,22,42H,6-19,21,23-41H2,1-5H3/p+1. The molecule has 54 heavy (non-hydrogen) atoms. The maximum absolute atomic E-state index is 12.7. The summed E-state index contributed by atoms with van der Waals surface area (Å²) in [5, 5.41) is 0. The van der Waals surface area contributed by atoms with Crippen LogP contribution in [-0.4, -0.2) is 74.9 Å². The lowest BCUT2D eigenvalue weighted by Gasteiger charge is -2.24. The van der Waals surface area contributed by atoms with Gasteiger partial charge in [-0.15, -0.1) is 0 Å². The Kier molecular flexibility index (Phi) is 36.5. The van der Waals surface area contributed by atoms with E-state index in [2.05, 4.69) is 26.0 Å². The molecule has 0 fully saturated rings. The zero-order chi connectivity index (χ0) is 40.0. The Morgan fingerprint density at radius 3 is 1.37 bits per heavy atom. The first kappa shape index (κ1) is 52.8. The van der Waals surface area contributed by atoms with Gasteiger partial charge in [-0.1, -0.05) is 167 Å². The third-order valence-electron chi connectivity index (χ3n) is 9.80. The monoisotopic (exact) mass is 789 g/mol. The SMILES string of the molecule is CCCCCCCCC=CCCCCCCCC(=O)OCC(COP(=O)(O)OCC[N+](C)(C)C)OC(=O)CCCCCCCCCCCCCCCCC. The normalized spacial score (nSPS) is 13.7. The predicted molar refractivity (Wildman–Crippen MR) is 224 cm³/mol. The number of phosphoric acid groups is 1. The van der Waals surface area contributed by atoms with Gasteiger partial charge < -0.3 is 18.9 Å². The summed E-state index contributed by atoms with van der Waals surface area (Å²) in [5.41, 5.74) is 0. The van der Waals surface area contributed by atoms with Crippen LogP contribution in [0.2, 0.25) is 0 Å². The fourth-order valence-electron chi connectivity index (χ4n) is 6.24. The molecule has 0 radical (unpaired) electrons. The molecule has 0 aliphatic carbocycles. The van der Waals surface area contributed by atoms with E-state index in [9.17, 15) is 19.0 Å². The molecule has 0 amide bonds. The summed E-state index contributed by atoms with van der Waals surface area (Å²) in [4.78, 5) is 35.3.